The molecule has 2 aromatic rings. The lowest BCUT2D eigenvalue weighted by molar-refractivity contribution is 0.111. The van der Waals surface area contributed by atoms with E-state index in [4.69, 9.17) is 10.00 Å². The molecule has 0 aliphatic carbocycles. The lowest BCUT2D eigenvalue weighted by Crippen LogP contribution is -2.03. The average Bonchev–Trinajstić information content (AvgIpc) is 2.86. The van der Waals surface area contributed by atoms with Crippen LogP contribution < -0.4 is 4.74 Å². The van der Waals surface area contributed by atoms with Crippen LogP contribution in [0.1, 0.15) is 21.6 Å². The number of hydrogen-bond donors (Lipinski definition) is 0. The van der Waals surface area contributed by atoms with E-state index in [1.165, 1.54) is 18.0 Å². The molecule has 0 aliphatic rings. The molecule has 0 saturated carbocycles. The zero-order valence-corrected chi connectivity index (χ0v) is 9.78. The first kappa shape index (κ1) is 11.7. The minimum absolute atomic E-state index is 0.206. The summed E-state index contributed by atoms with van der Waals surface area (Å²) in [6.07, 6.45) is 2.04. The van der Waals surface area contributed by atoms with Crippen molar-refractivity contribution in [2.75, 3.05) is 7.11 Å². The van der Waals surface area contributed by atoms with E-state index < -0.39 is 0 Å². The number of ether oxygens (including phenoxy) is 1. The Morgan fingerprint density at radius 2 is 2.33 bits per heavy atom. The second-order valence-corrected chi connectivity index (χ2v) is 3.50. The summed E-state index contributed by atoms with van der Waals surface area (Å²) in [4.78, 5) is 14.7. The topological polar surface area (TPSA) is 93.7 Å². The Labute approximate surface area is 103 Å². The van der Waals surface area contributed by atoms with Crippen molar-refractivity contribution in [1.82, 2.24) is 20.0 Å². The van der Waals surface area contributed by atoms with Crippen LogP contribution in [0.3, 0.4) is 0 Å². The van der Waals surface area contributed by atoms with Gasteiger partial charge in [0.2, 0.25) is 5.88 Å². The van der Waals surface area contributed by atoms with Gasteiger partial charge in [-0.3, -0.25) is 4.79 Å². The maximum absolute atomic E-state index is 10.5. The highest BCUT2D eigenvalue weighted by molar-refractivity contribution is 5.70. The number of aromatic nitrogens is 4. The van der Waals surface area contributed by atoms with Crippen LogP contribution in [0.25, 0.3) is 5.82 Å². The molecule has 0 aromatic carbocycles. The maximum atomic E-state index is 10.5. The van der Waals surface area contributed by atoms with Crippen molar-refractivity contribution in [3.05, 3.63) is 29.1 Å². The van der Waals surface area contributed by atoms with E-state index in [0.29, 0.717) is 23.2 Å². The van der Waals surface area contributed by atoms with Gasteiger partial charge in [0.15, 0.2) is 12.1 Å². The molecule has 0 amide bonds. The number of nitriles is 1. The molecule has 7 nitrogen and oxygen atoms in total. The first-order chi connectivity index (χ1) is 8.69. The summed E-state index contributed by atoms with van der Waals surface area (Å²) in [7, 11) is 1.44. The summed E-state index contributed by atoms with van der Waals surface area (Å²) in [6.45, 7) is 1.77. The van der Waals surface area contributed by atoms with Gasteiger partial charge in [0.1, 0.15) is 17.3 Å². The van der Waals surface area contributed by atoms with Crippen molar-refractivity contribution in [1.29, 1.82) is 5.26 Å². The predicted molar refractivity (Wildman–Crippen MR) is 60.5 cm³/mol. The lowest BCUT2D eigenvalue weighted by Gasteiger charge is -2.07. The van der Waals surface area contributed by atoms with E-state index in [9.17, 15) is 4.79 Å². The van der Waals surface area contributed by atoms with Crippen molar-refractivity contribution in [3.8, 4) is 17.8 Å². The number of nitrogens with zero attached hydrogens (tertiary/aromatic N) is 5. The highest BCUT2D eigenvalue weighted by Crippen LogP contribution is 2.21. The number of rotatable bonds is 3. The zero-order chi connectivity index (χ0) is 13.1. The van der Waals surface area contributed by atoms with Crippen LogP contribution in [0.5, 0.6) is 5.88 Å². The molecule has 18 heavy (non-hydrogen) atoms. The Bertz CT molecular complexity index is 641. The monoisotopic (exact) mass is 243 g/mol. The number of carbonyl (C=O) groups is 1. The largest absolute Gasteiger partial charge is 0.480 e. The van der Waals surface area contributed by atoms with E-state index in [2.05, 4.69) is 15.3 Å². The minimum Gasteiger partial charge on any atom is -0.480 e. The van der Waals surface area contributed by atoms with Gasteiger partial charge in [-0.1, -0.05) is 5.21 Å². The highest BCUT2D eigenvalue weighted by atomic mass is 16.5. The number of aryl methyl sites for hydroxylation is 1. The van der Waals surface area contributed by atoms with Gasteiger partial charge in [0.25, 0.3) is 0 Å². The maximum Gasteiger partial charge on any atom is 0.233 e. The molecule has 0 unspecified atom stereocenters. The zero-order valence-electron chi connectivity index (χ0n) is 9.78. The Morgan fingerprint density at radius 1 is 1.56 bits per heavy atom. The van der Waals surface area contributed by atoms with E-state index in [1.54, 1.807) is 13.0 Å². The molecular weight excluding hydrogens is 234 g/mol. The summed E-state index contributed by atoms with van der Waals surface area (Å²) < 4.78 is 6.40. The minimum atomic E-state index is 0.206. The molecule has 7 heteroatoms. The fourth-order valence-corrected chi connectivity index (χ4v) is 1.47. The summed E-state index contributed by atoms with van der Waals surface area (Å²) in [5.41, 5.74) is 1.29. The normalized spacial score (nSPS) is 9.83. The Kier molecular flexibility index (Phi) is 3.02. The van der Waals surface area contributed by atoms with Gasteiger partial charge < -0.3 is 4.74 Å². The number of carbonyl (C=O) groups excluding carboxylic acids is 1. The van der Waals surface area contributed by atoms with Crippen molar-refractivity contribution in [2.45, 2.75) is 6.92 Å². The van der Waals surface area contributed by atoms with Gasteiger partial charge in [0.05, 0.1) is 13.3 Å². The standard InChI is InChI=1S/C11H9N5O2/c1-7-3-10(13-11(18-2)9(7)4-12)16-5-8(6-17)14-15-16/h3,5-6H,1-2H3. The summed E-state index contributed by atoms with van der Waals surface area (Å²) >= 11 is 0. The van der Waals surface area contributed by atoms with Crippen LogP contribution in [-0.4, -0.2) is 33.4 Å². The third-order valence-electron chi connectivity index (χ3n) is 2.34. The number of hydrogen-bond acceptors (Lipinski definition) is 6. The highest BCUT2D eigenvalue weighted by Gasteiger charge is 2.12. The number of aldehydes is 1. The molecule has 2 rings (SSSR count). The quantitative estimate of drug-likeness (QED) is 0.735. The molecule has 0 saturated heterocycles. The molecule has 90 valence electrons. The smallest absolute Gasteiger partial charge is 0.233 e. The van der Waals surface area contributed by atoms with E-state index >= 15 is 0 Å². The third kappa shape index (κ3) is 1.91. The molecule has 0 radical (unpaired) electrons. The number of pyridine rings is 1. The van der Waals surface area contributed by atoms with E-state index in [1.807, 2.05) is 6.07 Å². The molecule has 0 N–H and O–H groups in total. The summed E-state index contributed by atoms with van der Waals surface area (Å²) in [5.74, 6) is 0.652. The van der Waals surface area contributed by atoms with Gasteiger partial charge in [-0.25, -0.2) is 4.68 Å². The van der Waals surface area contributed by atoms with Gasteiger partial charge in [-0.05, 0) is 18.6 Å². The SMILES string of the molecule is COc1nc(-n2cc(C=O)nn2)cc(C)c1C#N. The Balaban J connectivity index is 2.56. The first-order valence-electron chi connectivity index (χ1n) is 5.03. The van der Waals surface area contributed by atoms with Crippen LogP contribution in [-0.2, 0) is 0 Å². The van der Waals surface area contributed by atoms with Crippen molar-refractivity contribution < 1.29 is 9.53 Å². The van der Waals surface area contributed by atoms with Crippen LogP contribution in [0.2, 0.25) is 0 Å². The number of methoxy groups -OCH3 is 1. The molecule has 0 spiro atoms. The second kappa shape index (κ2) is 4.63. The molecule has 0 atom stereocenters. The van der Waals surface area contributed by atoms with Crippen LogP contribution in [0.15, 0.2) is 12.3 Å². The molecule has 0 aliphatic heterocycles. The third-order valence-corrected chi connectivity index (χ3v) is 2.34. The fraction of sp³-hybridized carbons (Fsp3) is 0.182. The lowest BCUT2D eigenvalue weighted by atomic mass is 10.1. The van der Waals surface area contributed by atoms with Gasteiger partial charge in [-0.15, -0.1) is 5.10 Å². The molecular formula is C11H9N5O2. The summed E-state index contributed by atoms with van der Waals surface area (Å²) in [6, 6.07) is 3.69. The predicted octanol–water partition coefficient (Wildman–Crippen LogP) is 0.663. The second-order valence-electron chi connectivity index (χ2n) is 3.50. The average molecular weight is 243 g/mol. The fourth-order valence-electron chi connectivity index (χ4n) is 1.47. The first-order valence-corrected chi connectivity index (χ1v) is 5.03. The van der Waals surface area contributed by atoms with Gasteiger partial charge >= 0.3 is 0 Å². The van der Waals surface area contributed by atoms with Crippen molar-refractivity contribution in [3.63, 3.8) is 0 Å². The van der Waals surface area contributed by atoms with Gasteiger partial charge in [-0.2, -0.15) is 10.2 Å². The molecule has 2 aromatic heterocycles. The van der Waals surface area contributed by atoms with Gasteiger partial charge in [0, 0.05) is 0 Å². The molecule has 0 bridgehead atoms. The van der Waals surface area contributed by atoms with Crippen LogP contribution in [0, 0.1) is 18.3 Å². The molecule has 0 fully saturated rings. The molecule has 2 heterocycles. The Hall–Kier alpha value is -2.75. The van der Waals surface area contributed by atoms with Crippen LogP contribution >= 0.6 is 0 Å². The van der Waals surface area contributed by atoms with E-state index in [-0.39, 0.29) is 11.6 Å². The van der Waals surface area contributed by atoms with Crippen LogP contribution in [0.4, 0.5) is 0 Å². The summed E-state index contributed by atoms with van der Waals surface area (Å²) in [5, 5.41) is 16.4. The van der Waals surface area contributed by atoms with Crippen molar-refractivity contribution in [2.24, 2.45) is 0 Å². The Morgan fingerprint density at radius 3 is 2.89 bits per heavy atom. The van der Waals surface area contributed by atoms with E-state index in [0.717, 1.165) is 0 Å². The van der Waals surface area contributed by atoms with Crippen molar-refractivity contribution >= 4 is 6.29 Å².